The Balaban J connectivity index is 1.67. The van der Waals surface area contributed by atoms with E-state index in [1.165, 1.54) is 6.07 Å². The average Bonchev–Trinajstić information content (AvgIpc) is 2.85. The van der Waals surface area contributed by atoms with Crippen LogP contribution in [0, 0.1) is 20.8 Å². The summed E-state index contributed by atoms with van der Waals surface area (Å²) >= 11 is 0. The van der Waals surface area contributed by atoms with Gasteiger partial charge in [0.2, 0.25) is 0 Å². The van der Waals surface area contributed by atoms with E-state index >= 15 is 0 Å². The number of para-hydroxylation sites is 1. The first-order chi connectivity index (χ1) is 16.8. The molecule has 1 atom stereocenters. The fraction of sp³-hybridized carbons (Fsp3) is 0.138. The molecule has 0 saturated carbocycles. The van der Waals surface area contributed by atoms with Crippen molar-refractivity contribution in [3.63, 3.8) is 0 Å². The lowest BCUT2D eigenvalue weighted by atomic mass is 9.94. The number of carbonyl (C=O) groups excluding carboxylic acids is 1. The lowest BCUT2D eigenvalue weighted by Crippen LogP contribution is -2.30. The van der Waals surface area contributed by atoms with Gasteiger partial charge in [0.15, 0.2) is 0 Å². The van der Waals surface area contributed by atoms with E-state index in [-0.39, 0.29) is 22.4 Å². The van der Waals surface area contributed by atoms with Gasteiger partial charge in [-0.2, -0.15) is 0 Å². The highest BCUT2D eigenvalue weighted by atomic mass is 32.2. The van der Waals surface area contributed by atoms with Gasteiger partial charge in [0.1, 0.15) is 0 Å². The summed E-state index contributed by atoms with van der Waals surface area (Å²) in [6, 6.07) is 29.2. The molecule has 0 fully saturated rings. The third kappa shape index (κ3) is 5.44. The molecular weight excluding hydrogens is 456 g/mol. The highest BCUT2D eigenvalue weighted by molar-refractivity contribution is 7.92. The maximum absolute atomic E-state index is 13.4. The van der Waals surface area contributed by atoms with Gasteiger partial charge in [0.25, 0.3) is 15.9 Å². The molecule has 0 aliphatic heterocycles. The smallest absolute Gasteiger partial charge is 0.262 e. The summed E-state index contributed by atoms with van der Waals surface area (Å²) in [7, 11) is -3.89. The van der Waals surface area contributed by atoms with Crippen molar-refractivity contribution in [1.29, 1.82) is 0 Å². The second-order valence-corrected chi connectivity index (χ2v) is 10.2. The van der Waals surface area contributed by atoms with E-state index in [0.717, 1.165) is 22.3 Å². The first kappa shape index (κ1) is 24.2. The summed E-state index contributed by atoms with van der Waals surface area (Å²) in [5.74, 6) is -0.352. The first-order valence-corrected chi connectivity index (χ1v) is 12.8. The summed E-state index contributed by atoms with van der Waals surface area (Å²) in [4.78, 5) is 13.5. The Morgan fingerprint density at radius 3 is 2.03 bits per heavy atom. The van der Waals surface area contributed by atoms with Gasteiger partial charge < -0.3 is 5.32 Å². The monoisotopic (exact) mass is 484 g/mol. The van der Waals surface area contributed by atoms with Crippen LogP contribution in [-0.2, 0) is 10.0 Å². The molecule has 2 N–H and O–H groups in total. The van der Waals surface area contributed by atoms with Crippen LogP contribution in [-0.4, -0.2) is 14.3 Å². The van der Waals surface area contributed by atoms with Crippen LogP contribution < -0.4 is 10.0 Å². The second-order valence-electron chi connectivity index (χ2n) is 8.57. The second kappa shape index (κ2) is 10.2. The lowest BCUT2D eigenvalue weighted by molar-refractivity contribution is 0.0942. The number of benzene rings is 4. The molecule has 178 valence electrons. The summed E-state index contributed by atoms with van der Waals surface area (Å²) in [5.41, 5.74) is 5.12. The van der Waals surface area contributed by atoms with E-state index in [0.29, 0.717) is 11.3 Å². The molecule has 0 spiro atoms. The van der Waals surface area contributed by atoms with Crippen LogP contribution in [0.25, 0.3) is 0 Å². The topological polar surface area (TPSA) is 75.3 Å². The Bertz CT molecular complexity index is 1460. The zero-order chi connectivity index (χ0) is 25.0. The average molecular weight is 485 g/mol. The standard InChI is InChI=1S/C29H28N2O3S/c1-20-11-7-9-15-25(20)28(23-13-5-4-6-14-23)30-29(32)24-18-17-22(3)27(19-24)35(33,34)31-26-16-10-8-12-21(26)2/h4-19,28,31H,1-3H3,(H,30,32)/t28-/m1/s1. The number of hydrogen-bond acceptors (Lipinski definition) is 3. The van der Waals surface area contributed by atoms with E-state index in [4.69, 9.17) is 0 Å². The van der Waals surface area contributed by atoms with E-state index in [2.05, 4.69) is 10.0 Å². The molecule has 0 aromatic heterocycles. The molecule has 4 rings (SSSR count). The van der Waals surface area contributed by atoms with Gasteiger partial charge in [-0.1, -0.05) is 78.9 Å². The molecule has 4 aromatic rings. The Kier molecular flexibility index (Phi) is 7.03. The van der Waals surface area contributed by atoms with Crippen molar-refractivity contribution in [3.8, 4) is 0 Å². The van der Waals surface area contributed by atoms with Gasteiger partial charge in [-0.3, -0.25) is 9.52 Å². The van der Waals surface area contributed by atoms with Crippen LogP contribution >= 0.6 is 0 Å². The van der Waals surface area contributed by atoms with Gasteiger partial charge in [0.05, 0.1) is 16.6 Å². The SMILES string of the molecule is Cc1ccccc1NS(=O)(=O)c1cc(C(=O)N[C@H](c2ccccc2)c2ccccc2C)ccc1C. The molecule has 0 unspecified atom stereocenters. The van der Waals surface area contributed by atoms with Gasteiger partial charge in [-0.05, 0) is 66.8 Å². The number of nitrogens with one attached hydrogen (secondary N) is 2. The van der Waals surface area contributed by atoms with Crippen molar-refractivity contribution >= 4 is 21.6 Å². The van der Waals surface area contributed by atoms with E-state index in [1.54, 1.807) is 31.2 Å². The Morgan fingerprint density at radius 2 is 1.34 bits per heavy atom. The molecule has 4 aromatic carbocycles. The Morgan fingerprint density at radius 1 is 0.714 bits per heavy atom. The minimum Gasteiger partial charge on any atom is -0.341 e. The number of anilines is 1. The molecule has 0 heterocycles. The Hall–Kier alpha value is -3.90. The highest BCUT2D eigenvalue weighted by Gasteiger charge is 2.23. The van der Waals surface area contributed by atoms with Crippen LogP contribution in [0.3, 0.4) is 0 Å². The number of rotatable bonds is 7. The molecule has 35 heavy (non-hydrogen) atoms. The normalized spacial score (nSPS) is 12.1. The van der Waals surface area contributed by atoms with Crippen LogP contribution in [0.4, 0.5) is 5.69 Å². The number of aryl methyl sites for hydroxylation is 3. The van der Waals surface area contributed by atoms with Crippen molar-refractivity contribution in [1.82, 2.24) is 5.32 Å². The summed E-state index contributed by atoms with van der Waals surface area (Å²) in [6.45, 7) is 5.56. The lowest BCUT2D eigenvalue weighted by Gasteiger charge is -2.22. The quantitative estimate of drug-likeness (QED) is 0.341. The zero-order valence-corrected chi connectivity index (χ0v) is 20.8. The fourth-order valence-electron chi connectivity index (χ4n) is 4.03. The zero-order valence-electron chi connectivity index (χ0n) is 19.9. The minimum atomic E-state index is -3.89. The minimum absolute atomic E-state index is 0.0700. The number of amides is 1. The predicted molar refractivity (Wildman–Crippen MR) is 140 cm³/mol. The van der Waals surface area contributed by atoms with Crippen LogP contribution in [0.2, 0.25) is 0 Å². The molecular formula is C29H28N2O3S. The molecule has 1 amide bonds. The molecule has 0 radical (unpaired) electrons. The summed E-state index contributed by atoms with van der Waals surface area (Å²) < 4.78 is 29.1. The van der Waals surface area contributed by atoms with E-state index in [1.807, 2.05) is 80.6 Å². The first-order valence-electron chi connectivity index (χ1n) is 11.4. The molecule has 0 saturated heterocycles. The highest BCUT2D eigenvalue weighted by Crippen LogP contribution is 2.27. The van der Waals surface area contributed by atoms with Crippen LogP contribution in [0.5, 0.6) is 0 Å². The maximum atomic E-state index is 13.4. The predicted octanol–water partition coefficient (Wildman–Crippen LogP) is 5.93. The maximum Gasteiger partial charge on any atom is 0.262 e. The van der Waals surface area contributed by atoms with Crippen LogP contribution in [0.15, 0.2) is 102 Å². The van der Waals surface area contributed by atoms with Crippen molar-refractivity contribution in [3.05, 3.63) is 130 Å². The van der Waals surface area contributed by atoms with E-state index < -0.39 is 10.0 Å². The van der Waals surface area contributed by atoms with Crippen molar-refractivity contribution in [2.24, 2.45) is 0 Å². The van der Waals surface area contributed by atoms with Crippen molar-refractivity contribution in [2.75, 3.05) is 4.72 Å². The number of sulfonamides is 1. The van der Waals surface area contributed by atoms with Gasteiger partial charge >= 0.3 is 0 Å². The van der Waals surface area contributed by atoms with E-state index in [9.17, 15) is 13.2 Å². The number of hydrogen-bond donors (Lipinski definition) is 2. The molecule has 5 nitrogen and oxygen atoms in total. The summed E-state index contributed by atoms with van der Waals surface area (Å²) in [6.07, 6.45) is 0. The van der Waals surface area contributed by atoms with Gasteiger partial charge in [-0.25, -0.2) is 8.42 Å². The number of carbonyl (C=O) groups is 1. The molecule has 0 aliphatic carbocycles. The van der Waals surface area contributed by atoms with Crippen LogP contribution in [0.1, 0.15) is 44.2 Å². The Labute approximate surface area is 206 Å². The summed E-state index contributed by atoms with van der Waals surface area (Å²) in [5, 5.41) is 3.11. The van der Waals surface area contributed by atoms with Gasteiger partial charge in [-0.15, -0.1) is 0 Å². The third-order valence-corrected chi connectivity index (χ3v) is 7.54. The fourth-order valence-corrected chi connectivity index (χ4v) is 5.43. The molecule has 6 heteroatoms. The third-order valence-electron chi connectivity index (χ3n) is 6.04. The van der Waals surface area contributed by atoms with Gasteiger partial charge in [0, 0.05) is 5.56 Å². The van der Waals surface area contributed by atoms with Crippen molar-refractivity contribution in [2.45, 2.75) is 31.7 Å². The largest absolute Gasteiger partial charge is 0.341 e. The van der Waals surface area contributed by atoms with Crippen molar-refractivity contribution < 1.29 is 13.2 Å². The molecule has 0 bridgehead atoms. The molecule has 0 aliphatic rings.